The first-order valence-corrected chi connectivity index (χ1v) is 6.08. The largest absolute Gasteiger partial charge is 0.300 e. The van der Waals surface area contributed by atoms with Crippen LogP contribution in [0.2, 0.25) is 0 Å². The Kier molecular flexibility index (Phi) is 3.36. The molecule has 0 saturated heterocycles. The Hall–Kier alpha value is -0.900. The third-order valence-electron chi connectivity index (χ3n) is 2.77. The van der Waals surface area contributed by atoms with Crippen molar-refractivity contribution >= 4 is 17.5 Å². The number of carbonyl (C=O) groups excluding carboxylic acids is 1. The van der Waals surface area contributed by atoms with Gasteiger partial charge in [-0.2, -0.15) is 0 Å². The SMILES string of the molecule is CC1CCC(=O)CC1Sc1ccncn1. The second-order valence-electron chi connectivity index (χ2n) is 3.96. The fraction of sp³-hybridized carbons (Fsp3) is 0.545. The molecule has 3 nitrogen and oxygen atoms in total. The third kappa shape index (κ3) is 2.78. The molecule has 80 valence electrons. The molecule has 1 heterocycles. The van der Waals surface area contributed by atoms with Crippen molar-refractivity contribution in [3.05, 3.63) is 18.6 Å². The fourth-order valence-electron chi connectivity index (χ4n) is 1.76. The van der Waals surface area contributed by atoms with Crippen molar-refractivity contribution in [3.8, 4) is 0 Å². The molecule has 1 aromatic rings. The Morgan fingerprint density at radius 1 is 1.53 bits per heavy atom. The summed E-state index contributed by atoms with van der Waals surface area (Å²) < 4.78 is 0. The van der Waals surface area contributed by atoms with E-state index in [2.05, 4.69) is 16.9 Å². The van der Waals surface area contributed by atoms with Crippen molar-refractivity contribution in [1.82, 2.24) is 9.97 Å². The summed E-state index contributed by atoms with van der Waals surface area (Å²) >= 11 is 1.70. The molecule has 0 aromatic carbocycles. The molecule has 0 radical (unpaired) electrons. The van der Waals surface area contributed by atoms with E-state index in [0.29, 0.717) is 23.4 Å². The maximum absolute atomic E-state index is 11.4. The molecular weight excluding hydrogens is 208 g/mol. The number of thioether (sulfide) groups is 1. The summed E-state index contributed by atoms with van der Waals surface area (Å²) in [5.41, 5.74) is 0. The third-order valence-corrected chi connectivity index (χ3v) is 4.19. The Bertz CT molecular complexity index is 342. The van der Waals surface area contributed by atoms with E-state index in [0.717, 1.165) is 17.9 Å². The molecule has 2 atom stereocenters. The van der Waals surface area contributed by atoms with E-state index in [9.17, 15) is 4.79 Å². The molecule has 15 heavy (non-hydrogen) atoms. The van der Waals surface area contributed by atoms with Crippen LogP contribution in [0.3, 0.4) is 0 Å². The van der Waals surface area contributed by atoms with E-state index in [1.807, 2.05) is 6.07 Å². The Labute approximate surface area is 93.7 Å². The monoisotopic (exact) mass is 222 g/mol. The summed E-state index contributed by atoms with van der Waals surface area (Å²) in [7, 11) is 0. The minimum absolute atomic E-state index is 0.389. The maximum atomic E-state index is 11.4. The second kappa shape index (κ2) is 4.75. The first-order chi connectivity index (χ1) is 7.25. The van der Waals surface area contributed by atoms with Crippen LogP contribution in [0.15, 0.2) is 23.6 Å². The van der Waals surface area contributed by atoms with E-state index >= 15 is 0 Å². The number of hydrogen-bond donors (Lipinski definition) is 0. The molecule has 0 spiro atoms. The first kappa shape index (κ1) is 10.6. The summed E-state index contributed by atoms with van der Waals surface area (Å²) in [6, 6.07) is 1.90. The molecule has 2 unspecified atom stereocenters. The van der Waals surface area contributed by atoms with Crippen molar-refractivity contribution in [2.75, 3.05) is 0 Å². The van der Waals surface area contributed by atoms with Gasteiger partial charge >= 0.3 is 0 Å². The van der Waals surface area contributed by atoms with Crippen LogP contribution in [-0.4, -0.2) is 21.0 Å². The molecule has 1 aromatic heterocycles. The molecular formula is C11H14N2OS. The van der Waals surface area contributed by atoms with E-state index in [1.54, 1.807) is 24.3 Å². The topological polar surface area (TPSA) is 42.9 Å². The van der Waals surface area contributed by atoms with E-state index in [1.165, 1.54) is 0 Å². The smallest absolute Gasteiger partial charge is 0.134 e. The van der Waals surface area contributed by atoms with Crippen LogP contribution in [0.4, 0.5) is 0 Å². The van der Waals surface area contributed by atoms with Gasteiger partial charge < -0.3 is 0 Å². The number of nitrogens with zero attached hydrogens (tertiary/aromatic N) is 2. The number of hydrogen-bond acceptors (Lipinski definition) is 4. The summed E-state index contributed by atoms with van der Waals surface area (Å²) in [4.78, 5) is 19.4. The van der Waals surface area contributed by atoms with Crippen molar-refractivity contribution in [2.45, 2.75) is 36.5 Å². The average Bonchev–Trinajstić information content (AvgIpc) is 2.25. The molecule has 1 aliphatic rings. The van der Waals surface area contributed by atoms with Crippen LogP contribution < -0.4 is 0 Å². The van der Waals surface area contributed by atoms with E-state index in [-0.39, 0.29) is 0 Å². The van der Waals surface area contributed by atoms with E-state index in [4.69, 9.17) is 0 Å². The quantitative estimate of drug-likeness (QED) is 0.720. The van der Waals surface area contributed by atoms with Crippen LogP contribution >= 0.6 is 11.8 Å². The number of ketones is 1. The van der Waals surface area contributed by atoms with Gasteiger partial charge in [0, 0.05) is 24.3 Å². The molecule has 0 amide bonds. The molecule has 4 heteroatoms. The lowest BCUT2D eigenvalue weighted by Gasteiger charge is -2.26. The second-order valence-corrected chi connectivity index (χ2v) is 5.22. The average molecular weight is 222 g/mol. The van der Waals surface area contributed by atoms with Crippen molar-refractivity contribution < 1.29 is 4.79 Å². The molecule has 1 aliphatic carbocycles. The highest BCUT2D eigenvalue weighted by atomic mass is 32.2. The van der Waals surface area contributed by atoms with Gasteiger partial charge in [-0.25, -0.2) is 9.97 Å². The van der Waals surface area contributed by atoms with Gasteiger partial charge in [0.15, 0.2) is 0 Å². The maximum Gasteiger partial charge on any atom is 0.134 e. The summed E-state index contributed by atoms with van der Waals surface area (Å²) in [5, 5.41) is 1.36. The van der Waals surface area contributed by atoms with Crippen LogP contribution in [0.1, 0.15) is 26.2 Å². The van der Waals surface area contributed by atoms with E-state index < -0.39 is 0 Å². The fourth-order valence-corrected chi connectivity index (χ4v) is 2.96. The standard InChI is InChI=1S/C11H14N2OS/c1-8-2-3-9(14)6-10(8)15-11-4-5-12-7-13-11/h4-5,7-8,10H,2-3,6H2,1H3. The Balaban J connectivity index is 2.01. The predicted octanol–water partition coefficient (Wildman–Crippen LogP) is 2.33. The zero-order valence-electron chi connectivity index (χ0n) is 8.72. The molecule has 1 saturated carbocycles. The van der Waals surface area contributed by atoms with Gasteiger partial charge in [0.1, 0.15) is 12.1 Å². The number of carbonyl (C=O) groups is 1. The number of aromatic nitrogens is 2. The summed E-state index contributed by atoms with van der Waals surface area (Å²) in [6.07, 6.45) is 5.75. The highest BCUT2D eigenvalue weighted by Gasteiger charge is 2.27. The molecule has 0 N–H and O–H groups in total. The Morgan fingerprint density at radius 2 is 2.40 bits per heavy atom. The van der Waals surface area contributed by atoms with Gasteiger partial charge in [0.2, 0.25) is 0 Å². The van der Waals surface area contributed by atoms with Crippen molar-refractivity contribution in [2.24, 2.45) is 5.92 Å². The lowest BCUT2D eigenvalue weighted by atomic mass is 9.89. The Morgan fingerprint density at radius 3 is 3.13 bits per heavy atom. The lowest BCUT2D eigenvalue weighted by molar-refractivity contribution is -0.120. The van der Waals surface area contributed by atoms with Crippen molar-refractivity contribution in [3.63, 3.8) is 0 Å². The van der Waals surface area contributed by atoms with Gasteiger partial charge in [0.05, 0.1) is 5.03 Å². The predicted molar refractivity (Wildman–Crippen MR) is 59.7 cm³/mol. The van der Waals surface area contributed by atoms with Gasteiger partial charge in [0.25, 0.3) is 0 Å². The van der Waals surface area contributed by atoms with Crippen molar-refractivity contribution in [1.29, 1.82) is 0 Å². The zero-order chi connectivity index (χ0) is 10.7. The molecule has 0 bridgehead atoms. The normalized spacial score (nSPS) is 26.6. The van der Waals surface area contributed by atoms with Crippen LogP contribution in [0, 0.1) is 5.92 Å². The lowest BCUT2D eigenvalue weighted by Crippen LogP contribution is -2.25. The first-order valence-electron chi connectivity index (χ1n) is 5.20. The van der Waals surface area contributed by atoms with Gasteiger partial charge in [-0.1, -0.05) is 6.92 Å². The molecule has 1 fully saturated rings. The van der Waals surface area contributed by atoms with Gasteiger partial charge in [-0.15, -0.1) is 11.8 Å². The van der Waals surface area contributed by atoms with Crippen LogP contribution in [0.25, 0.3) is 0 Å². The van der Waals surface area contributed by atoms with Crippen LogP contribution in [0.5, 0.6) is 0 Å². The summed E-state index contributed by atoms with van der Waals surface area (Å²) in [6.45, 7) is 2.21. The van der Waals surface area contributed by atoms with Gasteiger partial charge in [-0.3, -0.25) is 4.79 Å². The summed E-state index contributed by atoms with van der Waals surface area (Å²) in [5.74, 6) is 0.988. The number of rotatable bonds is 2. The minimum Gasteiger partial charge on any atom is -0.300 e. The molecule has 0 aliphatic heterocycles. The highest BCUT2D eigenvalue weighted by Crippen LogP contribution is 2.34. The zero-order valence-corrected chi connectivity index (χ0v) is 9.54. The highest BCUT2D eigenvalue weighted by molar-refractivity contribution is 7.99. The van der Waals surface area contributed by atoms with Crippen LogP contribution in [-0.2, 0) is 4.79 Å². The number of Topliss-reactive ketones (excluding diaryl/α,β-unsaturated/α-hetero) is 1. The minimum atomic E-state index is 0.389. The van der Waals surface area contributed by atoms with Gasteiger partial charge in [-0.05, 0) is 18.4 Å². The molecule has 2 rings (SSSR count).